The van der Waals surface area contributed by atoms with Gasteiger partial charge in [-0.05, 0) is 37.5 Å². The molecule has 0 aromatic heterocycles. The fourth-order valence-electron chi connectivity index (χ4n) is 2.80. The predicted octanol–water partition coefficient (Wildman–Crippen LogP) is 2.96. The van der Waals surface area contributed by atoms with E-state index in [0.29, 0.717) is 5.02 Å². The average molecular weight is 302 g/mol. The van der Waals surface area contributed by atoms with Crippen LogP contribution < -0.4 is 5.32 Å². The van der Waals surface area contributed by atoms with E-state index in [-0.39, 0.29) is 17.3 Å². The molecule has 0 saturated heterocycles. The van der Waals surface area contributed by atoms with Crippen molar-refractivity contribution >= 4 is 21.4 Å². The highest BCUT2D eigenvalue weighted by molar-refractivity contribution is 7.91. The van der Waals surface area contributed by atoms with Gasteiger partial charge in [-0.2, -0.15) is 0 Å². The van der Waals surface area contributed by atoms with Crippen molar-refractivity contribution in [2.45, 2.75) is 43.5 Å². The van der Waals surface area contributed by atoms with Gasteiger partial charge in [0.15, 0.2) is 9.84 Å². The standard InChI is InChI=1S/C14H20ClNO2S/c1-10(11-6-8-12(15)9-7-11)16-13-4-3-5-14(13)19(2,17)18/h6-10,13-14,16H,3-5H2,1-2H3/t10-,13?,14?/m0/s1. The van der Waals surface area contributed by atoms with Crippen LogP contribution in [0.2, 0.25) is 5.02 Å². The molecule has 1 aromatic rings. The van der Waals surface area contributed by atoms with Gasteiger partial charge in [0.05, 0.1) is 5.25 Å². The molecule has 0 bridgehead atoms. The van der Waals surface area contributed by atoms with Crippen LogP contribution in [-0.2, 0) is 9.84 Å². The number of hydrogen-bond donors (Lipinski definition) is 1. The summed E-state index contributed by atoms with van der Waals surface area (Å²) in [5.41, 5.74) is 1.13. The molecule has 0 aliphatic heterocycles. The lowest BCUT2D eigenvalue weighted by molar-refractivity contribution is 0.456. The van der Waals surface area contributed by atoms with Crippen molar-refractivity contribution in [2.24, 2.45) is 0 Å². The molecular weight excluding hydrogens is 282 g/mol. The molecule has 1 N–H and O–H groups in total. The number of halogens is 1. The topological polar surface area (TPSA) is 46.2 Å². The Kier molecular flexibility index (Phi) is 4.54. The molecule has 0 heterocycles. The van der Waals surface area contributed by atoms with Gasteiger partial charge in [0.1, 0.15) is 0 Å². The van der Waals surface area contributed by atoms with E-state index >= 15 is 0 Å². The van der Waals surface area contributed by atoms with E-state index in [0.717, 1.165) is 24.8 Å². The molecule has 2 rings (SSSR count). The highest BCUT2D eigenvalue weighted by atomic mass is 35.5. The lowest BCUT2D eigenvalue weighted by atomic mass is 10.1. The van der Waals surface area contributed by atoms with E-state index in [1.54, 1.807) is 0 Å². The van der Waals surface area contributed by atoms with Crippen molar-refractivity contribution < 1.29 is 8.42 Å². The first-order chi connectivity index (χ1) is 8.88. The smallest absolute Gasteiger partial charge is 0.151 e. The second kappa shape index (κ2) is 5.81. The molecular formula is C14H20ClNO2S. The van der Waals surface area contributed by atoms with Crippen LogP contribution in [0.4, 0.5) is 0 Å². The van der Waals surface area contributed by atoms with E-state index in [2.05, 4.69) is 12.2 Å². The molecule has 2 unspecified atom stereocenters. The van der Waals surface area contributed by atoms with Crippen LogP contribution in [0.15, 0.2) is 24.3 Å². The van der Waals surface area contributed by atoms with Gasteiger partial charge in [0.2, 0.25) is 0 Å². The van der Waals surface area contributed by atoms with E-state index in [4.69, 9.17) is 11.6 Å². The zero-order chi connectivity index (χ0) is 14.0. The second-order valence-electron chi connectivity index (χ2n) is 5.35. The van der Waals surface area contributed by atoms with Gasteiger partial charge in [-0.1, -0.05) is 30.2 Å². The molecule has 5 heteroatoms. The Bertz CT molecular complexity index is 527. The Morgan fingerprint density at radius 1 is 1.26 bits per heavy atom. The molecule has 1 aliphatic rings. The van der Waals surface area contributed by atoms with Gasteiger partial charge in [0.25, 0.3) is 0 Å². The van der Waals surface area contributed by atoms with Crippen LogP contribution in [-0.4, -0.2) is 26.0 Å². The van der Waals surface area contributed by atoms with Gasteiger partial charge >= 0.3 is 0 Å². The summed E-state index contributed by atoms with van der Waals surface area (Å²) >= 11 is 5.87. The summed E-state index contributed by atoms with van der Waals surface area (Å²) in [4.78, 5) is 0. The van der Waals surface area contributed by atoms with Gasteiger partial charge < -0.3 is 5.32 Å². The second-order valence-corrected chi connectivity index (χ2v) is 8.05. The van der Waals surface area contributed by atoms with Crippen molar-refractivity contribution in [3.05, 3.63) is 34.9 Å². The first-order valence-corrected chi connectivity index (χ1v) is 8.91. The van der Waals surface area contributed by atoms with Crippen molar-refractivity contribution in [3.8, 4) is 0 Å². The Morgan fingerprint density at radius 2 is 1.89 bits per heavy atom. The van der Waals surface area contributed by atoms with Crippen LogP contribution in [0.25, 0.3) is 0 Å². The third-order valence-corrected chi connectivity index (χ3v) is 5.75. The molecule has 106 valence electrons. The largest absolute Gasteiger partial charge is 0.306 e. The predicted molar refractivity (Wildman–Crippen MR) is 79.3 cm³/mol. The van der Waals surface area contributed by atoms with Crippen LogP contribution in [0.5, 0.6) is 0 Å². The van der Waals surface area contributed by atoms with Gasteiger partial charge in [-0.25, -0.2) is 8.42 Å². The SMILES string of the molecule is C[C@H](NC1CCCC1S(C)(=O)=O)c1ccc(Cl)cc1. The normalized spacial score (nSPS) is 25.4. The van der Waals surface area contributed by atoms with Crippen molar-refractivity contribution in [1.82, 2.24) is 5.32 Å². The Balaban J connectivity index is 2.06. The summed E-state index contributed by atoms with van der Waals surface area (Å²) in [5, 5.41) is 3.91. The molecule has 3 atom stereocenters. The summed E-state index contributed by atoms with van der Waals surface area (Å²) in [7, 11) is -2.97. The molecule has 3 nitrogen and oxygen atoms in total. The van der Waals surface area contributed by atoms with Crippen molar-refractivity contribution in [1.29, 1.82) is 0 Å². The first-order valence-electron chi connectivity index (χ1n) is 6.58. The van der Waals surface area contributed by atoms with Crippen LogP contribution in [0.3, 0.4) is 0 Å². The van der Waals surface area contributed by atoms with E-state index in [9.17, 15) is 8.42 Å². The summed E-state index contributed by atoms with van der Waals surface area (Å²) < 4.78 is 23.5. The lowest BCUT2D eigenvalue weighted by Crippen LogP contribution is -2.41. The Labute approximate surface area is 120 Å². The Morgan fingerprint density at radius 3 is 2.47 bits per heavy atom. The number of nitrogens with one attached hydrogen (secondary N) is 1. The maximum atomic E-state index is 11.7. The first kappa shape index (κ1) is 14.8. The fourth-order valence-corrected chi connectivity index (χ4v) is 4.33. The number of benzene rings is 1. The van der Waals surface area contributed by atoms with Crippen LogP contribution in [0, 0.1) is 0 Å². The summed E-state index contributed by atoms with van der Waals surface area (Å²) in [5.74, 6) is 0. The minimum absolute atomic E-state index is 0.0562. The van der Waals surface area contributed by atoms with Gasteiger partial charge in [-0.15, -0.1) is 0 Å². The van der Waals surface area contributed by atoms with Gasteiger partial charge in [-0.3, -0.25) is 0 Å². The molecule has 0 amide bonds. The van der Waals surface area contributed by atoms with Crippen LogP contribution in [0.1, 0.15) is 37.8 Å². The number of sulfone groups is 1. The molecule has 0 radical (unpaired) electrons. The monoisotopic (exact) mass is 301 g/mol. The minimum atomic E-state index is -2.97. The summed E-state index contributed by atoms with van der Waals surface area (Å²) in [6.45, 7) is 2.06. The lowest BCUT2D eigenvalue weighted by Gasteiger charge is -2.24. The molecule has 1 fully saturated rings. The average Bonchev–Trinajstić information content (AvgIpc) is 2.77. The van der Waals surface area contributed by atoms with E-state index in [1.807, 2.05) is 24.3 Å². The van der Waals surface area contributed by atoms with Crippen molar-refractivity contribution in [3.63, 3.8) is 0 Å². The van der Waals surface area contributed by atoms with Crippen molar-refractivity contribution in [2.75, 3.05) is 6.26 Å². The quantitative estimate of drug-likeness (QED) is 0.930. The maximum Gasteiger partial charge on any atom is 0.151 e. The minimum Gasteiger partial charge on any atom is -0.306 e. The number of hydrogen-bond acceptors (Lipinski definition) is 3. The number of rotatable bonds is 4. The molecule has 1 saturated carbocycles. The maximum absolute atomic E-state index is 11.7. The highest BCUT2D eigenvalue weighted by Gasteiger charge is 2.35. The van der Waals surface area contributed by atoms with Crippen LogP contribution >= 0.6 is 11.6 Å². The van der Waals surface area contributed by atoms with E-state index in [1.165, 1.54) is 6.26 Å². The highest BCUT2D eigenvalue weighted by Crippen LogP contribution is 2.27. The molecule has 1 aromatic carbocycles. The molecule has 0 spiro atoms. The molecule has 1 aliphatic carbocycles. The third kappa shape index (κ3) is 3.71. The third-order valence-electron chi connectivity index (χ3n) is 3.84. The zero-order valence-corrected chi connectivity index (χ0v) is 12.8. The summed E-state index contributed by atoms with van der Waals surface area (Å²) in [6, 6.07) is 7.86. The Hall–Kier alpha value is -0.580. The fraction of sp³-hybridized carbons (Fsp3) is 0.571. The zero-order valence-electron chi connectivity index (χ0n) is 11.3. The van der Waals surface area contributed by atoms with Gasteiger partial charge in [0, 0.05) is 23.4 Å². The summed E-state index contributed by atoms with van der Waals surface area (Å²) in [6.07, 6.45) is 4.01. The van der Waals surface area contributed by atoms with E-state index < -0.39 is 9.84 Å². The molecule has 19 heavy (non-hydrogen) atoms.